The van der Waals surface area contributed by atoms with Crippen LogP contribution in [0, 0.1) is 6.92 Å². The molecule has 0 saturated carbocycles. The zero-order valence-corrected chi connectivity index (χ0v) is 12.7. The van der Waals surface area contributed by atoms with Gasteiger partial charge in [-0.15, -0.1) is 0 Å². The topological polar surface area (TPSA) is 38.3 Å². The van der Waals surface area contributed by atoms with E-state index in [1.54, 1.807) is 4.90 Å². The number of nitrogens with one attached hydrogen (secondary N) is 2. The van der Waals surface area contributed by atoms with Gasteiger partial charge in [0.25, 0.3) is 0 Å². The summed E-state index contributed by atoms with van der Waals surface area (Å²) in [6.45, 7) is 11.4. The summed E-state index contributed by atoms with van der Waals surface area (Å²) >= 11 is 0. The average molecular weight is 280 g/mol. The third-order valence-corrected chi connectivity index (χ3v) is 4.15. The monoisotopic (exact) mass is 280 g/mol. The molecular formula is C16H28N2O2+2. The Balaban J connectivity index is 1.68. The van der Waals surface area contributed by atoms with Crippen molar-refractivity contribution in [2.45, 2.75) is 20.0 Å². The van der Waals surface area contributed by atoms with Crippen molar-refractivity contribution in [3.63, 3.8) is 0 Å². The maximum atomic E-state index is 10.1. The van der Waals surface area contributed by atoms with Crippen molar-refractivity contribution in [2.24, 2.45) is 0 Å². The highest BCUT2D eigenvalue weighted by Crippen LogP contribution is 2.11. The van der Waals surface area contributed by atoms with Crippen LogP contribution in [0.1, 0.15) is 12.5 Å². The molecule has 0 radical (unpaired) electrons. The normalized spacial score (nSPS) is 24.4. The lowest BCUT2D eigenvalue weighted by atomic mass is 10.2. The Morgan fingerprint density at radius 1 is 1.10 bits per heavy atom. The summed E-state index contributed by atoms with van der Waals surface area (Å²) in [7, 11) is 0. The average Bonchev–Trinajstić information content (AvgIpc) is 2.47. The van der Waals surface area contributed by atoms with E-state index in [1.165, 1.54) is 30.1 Å². The smallest absolute Gasteiger partial charge is 0.137 e. The molecule has 1 atom stereocenters. The molecule has 0 unspecified atom stereocenters. The van der Waals surface area contributed by atoms with Crippen LogP contribution >= 0.6 is 0 Å². The summed E-state index contributed by atoms with van der Waals surface area (Å²) in [4.78, 5) is 3.18. The highest BCUT2D eigenvalue weighted by atomic mass is 16.5. The van der Waals surface area contributed by atoms with Gasteiger partial charge in [0, 0.05) is 0 Å². The highest BCUT2D eigenvalue weighted by Gasteiger charge is 2.23. The van der Waals surface area contributed by atoms with E-state index in [2.05, 4.69) is 13.8 Å². The predicted octanol–water partition coefficient (Wildman–Crippen LogP) is -1.46. The molecule has 112 valence electrons. The minimum atomic E-state index is -0.380. The summed E-state index contributed by atoms with van der Waals surface area (Å²) in [5.41, 5.74) is 1.22. The summed E-state index contributed by atoms with van der Waals surface area (Å²) < 4.78 is 5.64. The second-order valence-electron chi connectivity index (χ2n) is 5.84. The summed E-state index contributed by atoms with van der Waals surface area (Å²) in [6, 6.07) is 7.97. The Kier molecular flexibility index (Phi) is 5.83. The first-order valence-electron chi connectivity index (χ1n) is 7.72. The number of hydrogen-bond donors (Lipinski definition) is 3. The number of hydrogen-bond acceptors (Lipinski definition) is 2. The molecule has 1 aliphatic rings. The quantitative estimate of drug-likeness (QED) is 0.596. The lowest BCUT2D eigenvalue weighted by Crippen LogP contribution is -3.28. The van der Waals surface area contributed by atoms with Crippen LogP contribution in [0.3, 0.4) is 0 Å². The lowest BCUT2D eigenvalue weighted by molar-refractivity contribution is -1.01. The zero-order valence-electron chi connectivity index (χ0n) is 12.7. The number of likely N-dealkylation sites (N-methyl/N-ethyl adjacent to an activating group) is 1. The third kappa shape index (κ3) is 4.78. The predicted molar refractivity (Wildman–Crippen MR) is 79.5 cm³/mol. The van der Waals surface area contributed by atoms with Crippen LogP contribution in [0.25, 0.3) is 0 Å². The first kappa shape index (κ1) is 15.3. The Labute approximate surface area is 122 Å². The minimum Gasteiger partial charge on any atom is -0.491 e. The first-order valence-corrected chi connectivity index (χ1v) is 7.72. The first-order chi connectivity index (χ1) is 9.67. The van der Waals surface area contributed by atoms with Crippen LogP contribution in [-0.4, -0.2) is 57.1 Å². The molecule has 0 aromatic heterocycles. The van der Waals surface area contributed by atoms with E-state index in [0.717, 1.165) is 25.4 Å². The summed E-state index contributed by atoms with van der Waals surface area (Å²) in [6.07, 6.45) is -0.380. The lowest BCUT2D eigenvalue weighted by Gasteiger charge is -2.30. The molecule has 4 nitrogen and oxygen atoms in total. The Morgan fingerprint density at radius 2 is 1.70 bits per heavy atom. The second-order valence-corrected chi connectivity index (χ2v) is 5.84. The van der Waals surface area contributed by atoms with Crippen molar-refractivity contribution in [1.82, 2.24) is 0 Å². The number of benzene rings is 1. The van der Waals surface area contributed by atoms with Gasteiger partial charge in [-0.3, -0.25) is 0 Å². The minimum absolute atomic E-state index is 0.380. The fourth-order valence-corrected chi connectivity index (χ4v) is 2.73. The molecule has 0 aliphatic carbocycles. The molecule has 0 spiro atoms. The van der Waals surface area contributed by atoms with Gasteiger partial charge in [0.2, 0.25) is 0 Å². The van der Waals surface area contributed by atoms with Crippen molar-refractivity contribution in [2.75, 3.05) is 45.9 Å². The number of aryl methyl sites for hydroxylation is 1. The van der Waals surface area contributed by atoms with E-state index in [1.807, 2.05) is 24.3 Å². The van der Waals surface area contributed by atoms with E-state index in [0.29, 0.717) is 6.61 Å². The van der Waals surface area contributed by atoms with Crippen molar-refractivity contribution in [3.8, 4) is 5.75 Å². The van der Waals surface area contributed by atoms with E-state index in [-0.39, 0.29) is 6.10 Å². The molecule has 3 N–H and O–H groups in total. The second kappa shape index (κ2) is 7.62. The molecule has 0 amide bonds. The van der Waals surface area contributed by atoms with Crippen molar-refractivity contribution < 1.29 is 19.6 Å². The molecule has 4 heteroatoms. The van der Waals surface area contributed by atoms with Gasteiger partial charge in [-0.25, -0.2) is 0 Å². The van der Waals surface area contributed by atoms with Gasteiger partial charge in [0.15, 0.2) is 0 Å². The molecular weight excluding hydrogens is 252 g/mol. The fraction of sp³-hybridized carbons (Fsp3) is 0.625. The summed E-state index contributed by atoms with van der Waals surface area (Å²) in [5, 5.41) is 10.1. The van der Waals surface area contributed by atoms with Gasteiger partial charge in [-0.1, -0.05) is 17.7 Å². The molecule has 20 heavy (non-hydrogen) atoms. The molecule has 0 bridgehead atoms. The largest absolute Gasteiger partial charge is 0.491 e. The number of piperazine rings is 1. The number of ether oxygens (including phenoxy) is 1. The maximum absolute atomic E-state index is 10.1. The van der Waals surface area contributed by atoms with Gasteiger partial charge in [0.05, 0.1) is 6.54 Å². The van der Waals surface area contributed by atoms with E-state index in [4.69, 9.17) is 4.74 Å². The van der Waals surface area contributed by atoms with Crippen molar-refractivity contribution >= 4 is 0 Å². The van der Waals surface area contributed by atoms with Crippen LogP contribution in [0.4, 0.5) is 0 Å². The van der Waals surface area contributed by atoms with Crippen LogP contribution < -0.4 is 14.5 Å². The molecule has 1 aromatic rings. The Bertz CT molecular complexity index is 386. The Hall–Kier alpha value is -1.10. The van der Waals surface area contributed by atoms with Crippen LogP contribution in [0.2, 0.25) is 0 Å². The molecule has 2 rings (SSSR count). The van der Waals surface area contributed by atoms with Gasteiger partial charge in [-0.05, 0) is 26.0 Å². The van der Waals surface area contributed by atoms with E-state index in [9.17, 15) is 5.11 Å². The number of aliphatic hydroxyl groups excluding tert-OH is 1. The van der Waals surface area contributed by atoms with Gasteiger partial charge in [0.1, 0.15) is 51.2 Å². The van der Waals surface area contributed by atoms with Crippen molar-refractivity contribution in [1.29, 1.82) is 0 Å². The van der Waals surface area contributed by atoms with Gasteiger partial charge in [-0.2, -0.15) is 0 Å². The standard InChI is InChI=1S/C16H26N2O2/c1-3-17-8-10-18(11-9-17)12-15(19)13-20-16-6-4-14(2)5-7-16/h4-7,15,19H,3,8-13H2,1-2H3/p+2/t15-/m0/s1. The van der Waals surface area contributed by atoms with Gasteiger partial charge < -0.3 is 19.6 Å². The SMILES string of the molecule is CC[NH+]1CC[NH+](C[C@H](O)COc2ccc(C)cc2)CC1. The highest BCUT2D eigenvalue weighted by molar-refractivity contribution is 5.26. The van der Waals surface area contributed by atoms with Crippen LogP contribution in [0.15, 0.2) is 24.3 Å². The molecule has 1 saturated heterocycles. The Morgan fingerprint density at radius 3 is 2.30 bits per heavy atom. The maximum Gasteiger partial charge on any atom is 0.137 e. The van der Waals surface area contributed by atoms with E-state index >= 15 is 0 Å². The number of quaternary nitrogens is 2. The number of rotatable bonds is 6. The third-order valence-electron chi connectivity index (χ3n) is 4.15. The van der Waals surface area contributed by atoms with Gasteiger partial charge >= 0.3 is 0 Å². The molecule has 1 aromatic carbocycles. The zero-order chi connectivity index (χ0) is 14.4. The summed E-state index contributed by atoms with van der Waals surface area (Å²) in [5.74, 6) is 0.838. The van der Waals surface area contributed by atoms with Crippen molar-refractivity contribution in [3.05, 3.63) is 29.8 Å². The fourth-order valence-electron chi connectivity index (χ4n) is 2.73. The van der Waals surface area contributed by atoms with E-state index < -0.39 is 0 Å². The van der Waals surface area contributed by atoms with Crippen LogP contribution in [0.5, 0.6) is 5.75 Å². The molecule has 1 aliphatic heterocycles. The number of aliphatic hydroxyl groups is 1. The van der Waals surface area contributed by atoms with Crippen LogP contribution in [-0.2, 0) is 0 Å². The molecule has 1 heterocycles. The molecule has 1 fully saturated rings.